The van der Waals surface area contributed by atoms with E-state index in [0.717, 1.165) is 9.80 Å². The molecule has 1 aromatic carbocycles. The van der Waals surface area contributed by atoms with Gasteiger partial charge in [0.2, 0.25) is 41.4 Å². The van der Waals surface area contributed by atoms with Crippen LogP contribution in [0.1, 0.15) is 105 Å². The molecule has 0 spiro atoms. The molecule has 1 saturated heterocycles. The maximum Gasteiger partial charge on any atom is 0.410 e. The predicted molar refractivity (Wildman–Crippen MR) is 281 cm³/mol. The van der Waals surface area contributed by atoms with Gasteiger partial charge in [-0.1, -0.05) is 59.6 Å². The topological polar surface area (TPSA) is 309 Å². The fourth-order valence-corrected chi connectivity index (χ4v) is 9.10. The molecule has 10 amide bonds. The summed E-state index contributed by atoms with van der Waals surface area (Å²) in [5.41, 5.74) is -0.542. The van der Waals surface area contributed by atoms with E-state index in [9.17, 15) is 52.7 Å². The summed E-state index contributed by atoms with van der Waals surface area (Å²) in [6.07, 6.45) is 3.63. The molecule has 77 heavy (non-hydrogen) atoms. The van der Waals surface area contributed by atoms with Gasteiger partial charge >= 0.3 is 12.1 Å². The summed E-state index contributed by atoms with van der Waals surface area (Å²) in [6, 6.07) is 4.42. The molecule has 2 aliphatic rings. The van der Waals surface area contributed by atoms with Crippen LogP contribution in [0.2, 0.25) is 0 Å². The number of ether oxygens (including phenoxy) is 3. The zero-order valence-electron chi connectivity index (χ0n) is 46.4. The van der Waals surface area contributed by atoms with Crippen molar-refractivity contribution in [3.63, 3.8) is 0 Å². The summed E-state index contributed by atoms with van der Waals surface area (Å²) >= 11 is 0. The van der Waals surface area contributed by atoms with Crippen molar-refractivity contribution >= 4 is 70.9 Å². The van der Waals surface area contributed by atoms with Crippen LogP contribution >= 0.6 is 0 Å². The first-order chi connectivity index (χ1) is 36.3. The third-order valence-corrected chi connectivity index (χ3v) is 14.3. The molecule has 0 bridgehead atoms. The molecule has 0 aliphatic carbocycles. The van der Waals surface area contributed by atoms with Crippen molar-refractivity contribution in [2.24, 2.45) is 17.8 Å². The van der Waals surface area contributed by atoms with Gasteiger partial charge in [-0.3, -0.25) is 57.7 Å². The zero-order chi connectivity index (χ0) is 57.7. The lowest BCUT2D eigenvalue weighted by Gasteiger charge is -2.39. The Kier molecular flexibility index (Phi) is 25.7. The van der Waals surface area contributed by atoms with E-state index in [2.05, 4.69) is 26.6 Å². The molecule has 6 N–H and O–H groups in total. The Balaban J connectivity index is 1.48. The number of carbonyl (C=O) groups is 11. The lowest BCUT2D eigenvalue weighted by molar-refractivity contribution is -0.146. The molecule has 3 rings (SSSR count). The first-order valence-electron chi connectivity index (χ1n) is 26.1. The van der Waals surface area contributed by atoms with Crippen LogP contribution in [0.5, 0.6) is 0 Å². The highest BCUT2D eigenvalue weighted by molar-refractivity contribution is 6.12. The summed E-state index contributed by atoms with van der Waals surface area (Å²) in [5, 5.41) is 22.0. The number of likely N-dealkylation sites (N-methyl/N-ethyl adjacent to an activating group) is 2. The van der Waals surface area contributed by atoms with Crippen molar-refractivity contribution in [3.05, 3.63) is 42.0 Å². The highest BCUT2D eigenvalue weighted by Gasteiger charge is 2.43. The zero-order valence-corrected chi connectivity index (χ0v) is 46.4. The van der Waals surface area contributed by atoms with Gasteiger partial charge in [-0.2, -0.15) is 0 Å². The van der Waals surface area contributed by atoms with E-state index in [1.165, 1.54) is 52.2 Å². The van der Waals surface area contributed by atoms with Crippen LogP contribution < -0.4 is 26.6 Å². The lowest BCUT2D eigenvalue weighted by Crippen LogP contribution is -2.58. The normalized spacial score (nSPS) is 16.6. The molecule has 1 fully saturated rings. The maximum absolute atomic E-state index is 14.0. The monoisotopic (exact) mass is 1080 g/mol. The number of likely N-dealkylation sites (tertiary alicyclic amines) is 1. The molecule has 24 nitrogen and oxygen atoms in total. The van der Waals surface area contributed by atoms with Crippen molar-refractivity contribution in [1.29, 1.82) is 0 Å². The Hall–Kier alpha value is -6.95. The molecule has 7 atom stereocenters. The van der Waals surface area contributed by atoms with Crippen LogP contribution in [-0.2, 0) is 68.8 Å². The van der Waals surface area contributed by atoms with E-state index in [0.29, 0.717) is 56.3 Å². The first kappa shape index (κ1) is 64.3. The lowest BCUT2D eigenvalue weighted by atomic mass is 9.90. The van der Waals surface area contributed by atoms with Gasteiger partial charge in [0.25, 0.3) is 11.8 Å². The number of hydrogen-bond donors (Lipinski definition) is 6. The fraction of sp³-hybridized carbons (Fsp3) is 0.642. The second kappa shape index (κ2) is 30.7. The quantitative estimate of drug-likeness (QED) is 0.0458. The minimum absolute atomic E-state index is 0.103. The number of carboxylic acids is 1. The molecule has 0 radical (unpaired) electrons. The number of anilines is 1. The number of hydrogen-bond acceptors (Lipinski definition) is 14. The van der Waals surface area contributed by atoms with E-state index in [-0.39, 0.29) is 68.0 Å². The molecular weight excluding hydrogens is 1000 g/mol. The number of nitrogens with zero attached hydrogens (tertiary/aromatic N) is 4. The average Bonchev–Trinajstić information content (AvgIpc) is 4.01. The van der Waals surface area contributed by atoms with Crippen LogP contribution in [0, 0.1) is 17.8 Å². The minimum atomic E-state index is -1.49. The van der Waals surface area contributed by atoms with Gasteiger partial charge in [0, 0.05) is 65.7 Å². The second-order valence-electron chi connectivity index (χ2n) is 20.3. The maximum atomic E-state index is 14.0. The van der Waals surface area contributed by atoms with Crippen molar-refractivity contribution in [3.8, 4) is 0 Å². The van der Waals surface area contributed by atoms with Gasteiger partial charge in [0.1, 0.15) is 24.7 Å². The third kappa shape index (κ3) is 18.9. The fourth-order valence-electron chi connectivity index (χ4n) is 9.10. The Morgan fingerprint density at radius 1 is 0.818 bits per heavy atom. The Labute approximate surface area is 451 Å². The van der Waals surface area contributed by atoms with Gasteiger partial charge in [-0.25, -0.2) is 4.79 Å². The van der Waals surface area contributed by atoms with Crippen LogP contribution in [-0.4, -0.2) is 187 Å². The number of carbonyl (C=O) groups excluding carboxylic acids is 10. The number of methoxy groups -OCH3 is 2. The van der Waals surface area contributed by atoms with Crippen molar-refractivity contribution < 1.29 is 72.1 Å². The van der Waals surface area contributed by atoms with Crippen LogP contribution in [0.3, 0.4) is 0 Å². The number of carboxylic acid groups (broad SMARTS) is 1. The molecule has 1 aromatic rings. The number of nitrogens with one attached hydrogen (secondary N) is 5. The van der Waals surface area contributed by atoms with E-state index < -0.39 is 96.5 Å². The number of amides is 10. The summed E-state index contributed by atoms with van der Waals surface area (Å²) in [5.74, 6) is -6.42. The number of rotatable bonds is 31. The molecule has 0 aromatic heterocycles. The summed E-state index contributed by atoms with van der Waals surface area (Å²) in [7, 11) is 5.84. The van der Waals surface area contributed by atoms with Gasteiger partial charge < -0.3 is 55.7 Å². The molecule has 24 heteroatoms. The van der Waals surface area contributed by atoms with Crippen molar-refractivity contribution in [2.75, 3.05) is 66.4 Å². The number of benzene rings is 1. The molecule has 2 aliphatic heterocycles. The summed E-state index contributed by atoms with van der Waals surface area (Å²) in [4.78, 5) is 145. The average molecular weight is 1080 g/mol. The van der Waals surface area contributed by atoms with Crippen molar-refractivity contribution in [2.45, 2.75) is 142 Å². The molecule has 1 unspecified atom stereocenters. The van der Waals surface area contributed by atoms with Gasteiger partial charge in [0.15, 0.2) is 0 Å². The van der Waals surface area contributed by atoms with E-state index in [1.807, 2.05) is 13.8 Å². The summed E-state index contributed by atoms with van der Waals surface area (Å²) < 4.78 is 17.1. The highest BCUT2D eigenvalue weighted by Crippen LogP contribution is 2.29. The molecule has 0 saturated carbocycles. The Morgan fingerprint density at radius 3 is 2.04 bits per heavy atom. The predicted octanol–water partition coefficient (Wildman–Crippen LogP) is 1.95. The third-order valence-electron chi connectivity index (χ3n) is 14.3. The van der Waals surface area contributed by atoms with Gasteiger partial charge in [0.05, 0.1) is 49.7 Å². The van der Waals surface area contributed by atoms with E-state index in [4.69, 9.17) is 19.3 Å². The molecule has 2 heterocycles. The first-order valence-corrected chi connectivity index (χ1v) is 26.1. The smallest absolute Gasteiger partial charge is 0.410 e. The van der Waals surface area contributed by atoms with Crippen LogP contribution in [0.15, 0.2) is 36.4 Å². The van der Waals surface area contributed by atoms with Gasteiger partial charge in [-0.05, 0) is 69.1 Å². The summed E-state index contributed by atoms with van der Waals surface area (Å²) in [6.45, 7) is 11.1. The van der Waals surface area contributed by atoms with Crippen LogP contribution in [0.25, 0.3) is 0 Å². The standard InChI is InChI=1S/C53H81N9O15/c1-12-33(4)47(38(75-10)27-43(67)61-26-16-17-37(61)48(76-11)34(5)49(71)55-30-45(69)70)59(8)44(68)29-56-51(73)53(6,7)60(9)52(74)77-31-35-19-21-36(22-20-35)57-40(64)28-54-50(72)46(32(2)3)58-39(63)18-14-13-15-25-62-41(65)23-24-42(62)66/h19-24,32-34,37-38,46-48H,12-18,25-31H2,1-11H3,(H,54,72)(H,55,71)(H,56,73)(H,57,64)(H,58,63)(H,69,70)/t33-,34+,37-,38+,46?,47-,48+/m0/s1. The second-order valence-corrected chi connectivity index (χ2v) is 20.3. The largest absolute Gasteiger partial charge is 0.480 e. The highest BCUT2D eigenvalue weighted by atomic mass is 16.6. The van der Waals surface area contributed by atoms with E-state index in [1.54, 1.807) is 57.0 Å². The van der Waals surface area contributed by atoms with E-state index >= 15 is 0 Å². The molecular formula is C53H81N9O15. The van der Waals surface area contributed by atoms with Crippen LogP contribution in [0.4, 0.5) is 10.5 Å². The Morgan fingerprint density at radius 2 is 1.45 bits per heavy atom. The molecule has 428 valence electrons. The minimum Gasteiger partial charge on any atom is -0.480 e. The van der Waals surface area contributed by atoms with Gasteiger partial charge in [-0.15, -0.1) is 0 Å². The number of aliphatic carboxylic acids is 1. The number of imide groups is 1. The SMILES string of the molecule is CC[C@H](C)[C@@H]([C@@H](CC(=O)N1CCC[C@H]1[C@H](OC)[C@@H](C)C(=O)NCC(=O)O)OC)N(C)C(=O)CNC(=O)C(C)(C)N(C)C(=O)OCc1ccc(NC(=O)CNC(=O)C(NC(=O)CCCCCN2C(=O)C=CC2=O)C(C)C)cc1. The number of unbranched alkanes of at least 4 members (excludes halogenated alkanes) is 2. The van der Waals surface area contributed by atoms with Crippen molar-refractivity contribution in [1.82, 2.24) is 40.9 Å². The Bertz CT molecular complexity index is 2270.